The van der Waals surface area contributed by atoms with E-state index in [1.54, 1.807) is 0 Å². The molecule has 2 nitrogen and oxygen atoms in total. The number of benzene rings is 7. The highest BCUT2D eigenvalue weighted by Crippen LogP contribution is 2.55. The molecule has 240 valence electrons. The Hall–Kier alpha value is -5.60. The van der Waals surface area contributed by atoms with Gasteiger partial charge < -0.3 is 9.80 Å². The van der Waals surface area contributed by atoms with E-state index in [4.69, 9.17) is 0 Å². The molecule has 0 saturated carbocycles. The number of rotatable bonds is 6. The molecule has 0 radical (unpaired) electrons. The molecule has 7 aromatic rings. The van der Waals surface area contributed by atoms with E-state index in [-0.39, 0.29) is 5.41 Å². The minimum atomic E-state index is -0.205. The summed E-state index contributed by atoms with van der Waals surface area (Å²) < 4.78 is 0. The van der Waals surface area contributed by atoms with E-state index in [1.807, 2.05) is 0 Å². The molecule has 8 rings (SSSR count). The zero-order valence-corrected chi connectivity index (χ0v) is 29.3. The average Bonchev–Trinajstić information content (AvgIpc) is 3.34. The second kappa shape index (κ2) is 11.8. The van der Waals surface area contributed by atoms with Crippen molar-refractivity contribution in [3.05, 3.63) is 179 Å². The summed E-state index contributed by atoms with van der Waals surface area (Å²) in [5.41, 5.74) is 17.1. The fourth-order valence-corrected chi connectivity index (χ4v) is 7.63. The van der Waals surface area contributed by atoms with Crippen LogP contribution in [0.5, 0.6) is 0 Å². The number of anilines is 6. The van der Waals surface area contributed by atoms with Crippen LogP contribution in [0, 0.1) is 27.7 Å². The van der Waals surface area contributed by atoms with E-state index in [2.05, 4.69) is 197 Å². The molecule has 2 heteroatoms. The van der Waals surface area contributed by atoms with Crippen molar-refractivity contribution >= 4 is 44.9 Å². The van der Waals surface area contributed by atoms with Crippen molar-refractivity contribution in [1.29, 1.82) is 0 Å². The third kappa shape index (κ3) is 5.29. The van der Waals surface area contributed by atoms with Crippen LogP contribution in [0.3, 0.4) is 0 Å². The third-order valence-electron chi connectivity index (χ3n) is 10.3. The standard InChI is InChI=1S/C47H42N2/c1-31-11-19-35(20-12-31)48(36-21-13-32(2)14-22-36)39-27-28-40-43-30-45(41-9-7-8-10-42(41)46(43)47(5,6)44(40)29-39)49(37-23-15-33(3)16-24-37)38-25-17-34(4)18-26-38/h7-30H,1-6H3. The van der Waals surface area contributed by atoms with Crippen LogP contribution in [0.25, 0.3) is 21.9 Å². The summed E-state index contributed by atoms with van der Waals surface area (Å²) in [6, 6.07) is 54.0. The summed E-state index contributed by atoms with van der Waals surface area (Å²) in [5, 5.41) is 2.56. The maximum atomic E-state index is 2.45. The number of nitrogens with zero attached hydrogens (tertiary/aromatic N) is 2. The highest BCUT2D eigenvalue weighted by atomic mass is 15.1. The number of hydrogen-bond acceptors (Lipinski definition) is 2. The summed E-state index contributed by atoms with van der Waals surface area (Å²) in [4.78, 5) is 4.82. The Bertz CT molecular complexity index is 2220. The molecule has 0 spiro atoms. The lowest BCUT2D eigenvalue weighted by Crippen LogP contribution is -2.17. The molecular formula is C47H42N2. The summed E-state index contributed by atoms with van der Waals surface area (Å²) in [6.45, 7) is 13.4. The molecule has 0 aromatic heterocycles. The van der Waals surface area contributed by atoms with Gasteiger partial charge in [-0.15, -0.1) is 0 Å². The number of fused-ring (bicyclic) bond motifs is 5. The Labute approximate surface area is 290 Å². The summed E-state index contributed by atoms with van der Waals surface area (Å²) >= 11 is 0. The quantitative estimate of drug-likeness (QED) is 0.180. The van der Waals surface area contributed by atoms with Gasteiger partial charge in [-0.2, -0.15) is 0 Å². The molecule has 1 aliphatic carbocycles. The Balaban J connectivity index is 1.35. The first-order valence-electron chi connectivity index (χ1n) is 17.3. The molecule has 49 heavy (non-hydrogen) atoms. The van der Waals surface area contributed by atoms with Crippen molar-refractivity contribution in [2.75, 3.05) is 9.80 Å². The van der Waals surface area contributed by atoms with E-state index < -0.39 is 0 Å². The number of hydrogen-bond donors (Lipinski definition) is 0. The van der Waals surface area contributed by atoms with E-state index >= 15 is 0 Å². The van der Waals surface area contributed by atoms with Crippen molar-refractivity contribution < 1.29 is 0 Å². The molecular weight excluding hydrogens is 593 g/mol. The van der Waals surface area contributed by atoms with Crippen molar-refractivity contribution in [3.63, 3.8) is 0 Å². The average molecular weight is 635 g/mol. The smallest absolute Gasteiger partial charge is 0.0546 e. The van der Waals surface area contributed by atoms with Gasteiger partial charge in [0.2, 0.25) is 0 Å². The van der Waals surface area contributed by atoms with Gasteiger partial charge >= 0.3 is 0 Å². The van der Waals surface area contributed by atoms with Crippen molar-refractivity contribution in [2.45, 2.75) is 47.0 Å². The fraction of sp³-hybridized carbons (Fsp3) is 0.149. The molecule has 7 aromatic carbocycles. The first-order valence-corrected chi connectivity index (χ1v) is 17.3. The lowest BCUT2D eigenvalue weighted by atomic mass is 9.79. The Morgan fingerprint density at radius 3 is 1.27 bits per heavy atom. The molecule has 0 atom stereocenters. The second-order valence-electron chi connectivity index (χ2n) is 14.2. The van der Waals surface area contributed by atoms with Gasteiger partial charge in [-0.05, 0) is 122 Å². The maximum Gasteiger partial charge on any atom is 0.0546 e. The Kier molecular flexibility index (Phi) is 7.41. The summed E-state index contributed by atoms with van der Waals surface area (Å²) in [7, 11) is 0. The Morgan fingerprint density at radius 2 is 0.796 bits per heavy atom. The first kappa shape index (κ1) is 30.7. The van der Waals surface area contributed by atoms with Crippen molar-refractivity contribution in [2.24, 2.45) is 0 Å². The van der Waals surface area contributed by atoms with Crippen LogP contribution in [-0.2, 0) is 5.41 Å². The van der Waals surface area contributed by atoms with Gasteiger partial charge in [0, 0.05) is 39.2 Å². The highest BCUT2D eigenvalue weighted by Gasteiger charge is 2.38. The largest absolute Gasteiger partial charge is 0.310 e. The van der Waals surface area contributed by atoms with Gasteiger partial charge in [0.05, 0.1) is 5.69 Å². The van der Waals surface area contributed by atoms with Crippen LogP contribution in [0.15, 0.2) is 146 Å². The molecule has 0 unspecified atom stereocenters. The SMILES string of the molecule is Cc1ccc(N(c2ccc(C)cc2)c2ccc3c(c2)C(C)(C)c2c-3cc(N(c3ccc(C)cc3)c3ccc(C)cc3)c3ccccc23)cc1. The van der Waals surface area contributed by atoms with E-state index in [0.717, 1.165) is 28.4 Å². The predicted octanol–water partition coefficient (Wildman–Crippen LogP) is 13.3. The lowest BCUT2D eigenvalue weighted by molar-refractivity contribution is 0.666. The van der Waals surface area contributed by atoms with Crippen molar-refractivity contribution in [1.82, 2.24) is 0 Å². The maximum absolute atomic E-state index is 2.45. The van der Waals surface area contributed by atoms with Crippen molar-refractivity contribution in [3.8, 4) is 11.1 Å². The molecule has 0 heterocycles. The zero-order valence-electron chi connectivity index (χ0n) is 29.3. The molecule has 0 amide bonds. The first-order chi connectivity index (χ1) is 23.7. The zero-order chi connectivity index (χ0) is 33.9. The second-order valence-corrected chi connectivity index (χ2v) is 14.2. The molecule has 0 fully saturated rings. The lowest BCUT2D eigenvalue weighted by Gasteiger charge is -2.30. The summed E-state index contributed by atoms with van der Waals surface area (Å²) in [5.74, 6) is 0. The number of aryl methyl sites for hydroxylation is 4. The van der Waals surface area contributed by atoms with Gasteiger partial charge in [0.1, 0.15) is 0 Å². The topological polar surface area (TPSA) is 6.48 Å². The molecule has 0 aliphatic heterocycles. The van der Waals surface area contributed by atoms with E-state index in [0.29, 0.717) is 0 Å². The van der Waals surface area contributed by atoms with Crippen LogP contribution < -0.4 is 9.80 Å². The predicted molar refractivity (Wildman–Crippen MR) is 210 cm³/mol. The van der Waals surface area contributed by atoms with E-state index in [9.17, 15) is 0 Å². The normalized spacial score (nSPS) is 12.9. The minimum Gasteiger partial charge on any atom is -0.310 e. The van der Waals surface area contributed by atoms with Gasteiger partial charge in [-0.25, -0.2) is 0 Å². The third-order valence-corrected chi connectivity index (χ3v) is 10.3. The van der Waals surface area contributed by atoms with Crippen LogP contribution >= 0.6 is 0 Å². The van der Waals surface area contributed by atoms with Crippen LogP contribution in [-0.4, -0.2) is 0 Å². The van der Waals surface area contributed by atoms with Gasteiger partial charge in [-0.3, -0.25) is 0 Å². The molecule has 0 saturated heterocycles. The Morgan fingerprint density at radius 1 is 0.388 bits per heavy atom. The highest BCUT2D eigenvalue weighted by molar-refractivity contribution is 6.07. The monoisotopic (exact) mass is 634 g/mol. The van der Waals surface area contributed by atoms with Gasteiger partial charge in [0.25, 0.3) is 0 Å². The fourth-order valence-electron chi connectivity index (χ4n) is 7.63. The van der Waals surface area contributed by atoms with Gasteiger partial charge in [-0.1, -0.05) is 115 Å². The van der Waals surface area contributed by atoms with Crippen LogP contribution in [0.1, 0.15) is 47.2 Å². The van der Waals surface area contributed by atoms with Gasteiger partial charge in [0.15, 0.2) is 0 Å². The molecule has 0 bridgehead atoms. The van der Waals surface area contributed by atoms with E-state index in [1.165, 1.54) is 61.0 Å². The van der Waals surface area contributed by atoms with Crippen LogP contribution in [0.4, 0.5) is 34.1 Å². The van der Waals surface area contributed by atoms with Crippen LogP contribution in [0.2, 0.25) is 0 Å². The molecule has 0 N–H and O–H groups in total. The summed E-state index contributed by atoms with van der Waals surface area (Å²) in [6.07, 6.45) is 0. The molecule has 1 aliphatic rings. The minimum absolute atomic E-state index is 0.205.